The van der Waals surface area contributed by atoms with Gasteiger partial charge in [-0.25, -0.2) is 12.8 Å². The van der Waals surface area contributed by atoms with Crippen molar-refractivity contribution in [2.75, 3.05) is 0 Å². The first-order valence-corrected chi connectivity index (χ1v) is 9.42. The molecule has 0 aliphatic carbocycles. The van der Waals surface area contributed by atoms with Gasteiger partial charge in [0.1, 0.15) is 5.82 Å². The third-order valence-corrected chi connectivity index (χ3v) is 5.69. The summed E-state index contributed by atoms with van der Waals surface area (Å²) in [6.45, 7) is 3.51. The molecule has 7 heteroatoms. The molecule has 126 valence electrons. The Morgan fingerprint density at radius 1 is 1.17 bits per heavy atom. The van der Waals surface area contributed by atoms with Gasteiger partial charge in [0.15, 0.2) is 0 Å². The van der Waals surface area contributed by atoms with Gasteiger partial charge in [0.25, 0.3) is 10.0 Å². The van der Waals surface area contributed by atoms with Crippen molar-refractivity contribution in [2.45, 2.75) is 25.6 Å². The fourth-order valence-corrected chi connectivity index (χ4v) is 4.43. The number of sulfonamides is 1. The molecule has 0 aromatic heterocycles. The summed E-state index contributed by atoms with van der Waals surface area (Å²) in [5, 5.41) is 4.88. The van der Waals surface area contributed by atoms with Crippen LogP contribution in [0.25, 0.3) is 0 Å². The van der Waals surface area contributed by atoms with E-state index in [9.17, 15) is 12.8 Å². The molecule has 0 saturated heterocycles. The highest BCUT2D eigenvalue weighted by Crippen LogP contribution is 2.28. The Hall–Kier alpha value is -1.92. The molecule has 0 unspecified atom stereocenters. The summed E-state index contributed by atoms with van der Waals surface area (Å²) >= 11 is 6.10. The number of hydrazone groups is 1. The Morgan fingerprint density at radius 3 is 2.46 bits per heavy atom. The lowest BCUT2D eigenvalue weighted by Gasteiger charge is -2.21. The number of halogens is 2. The Labute approximate surface area is 145 Å². The maximum Gasteiger partial charge on any atom is 0.254 e. The minimum Gasteiger partial charge on any atom is -0.207 e. The van der Waals surface area contributed by atoms with E-state index >= 15 is 0 Å². The molecule has 0 amide bonds. The summed E-state index contributed by atoms with van der Waals surface area (Å²) in [5.74, 6) is -0.529. The molecule has 24 heavy (non-hydrogen) atoms. The van der Waals surface area contributed by atoms with Crippen LogP contribution in [0.15, 0.2) is 47.6 Å². The van der Waals surface area contributed by atoms with Crippen molar-refractivity contribution in [1.29, 1.82) is 0 Å². The van der Waals surface area contributed by atoms with Gasteiger partial charge in [-0.1, -0.05) is 17.7 Å². The predicted octanol–water partition coefficient (Wildman–Crippen LogP) is 3.79. The van der Waals surface area contributed by atoms with Gasteiger partial charge in [-0.2, -0.15) is 9.52 Å². The van der Waals surface area contributed by atoms with Gasteiger partial charge in [0, 0.05) is 16.1 Å². The molecule has 0 radical (unpaired) electrons. The van der Waals surface area contributed by atoms with Crippen molar-refractivity contribution in [3.05, 3.63) is 70.0 Å². The van der Waals surface area contributed by atoms with Gasteiger partial charge in [-0.05, 0) is 55.8 Å². The van der Waals surface area contributed by atoms with Crippen molar-refractivity contribution >= 4 is 27.3 Å². The van der Waals surface area contributed by atoms with E-state index < -0.39 is 10.0 Å². The quantitative estimate of drug-likeness (QED) is 0.812. The van der Waals surface area contributed by atoms with E-state index in [1.165, 1.54) is 12.1 Å². The number of benzene rings is 2. The van der Waals surface area contributed by atoms with Crippen LogP contribution in [0.4, 0.5) is 4.39 Å². The zero-order valence-electron chi connectivity index (χ0n) is 13.2. The SMILES string of the molecule is CC(C)N1N=C(c2ccc(F)cc2)c2cc(Cl)ccc2CS1(=O)=O. The normalized spacial score (nSPS) is 16.5. The van der Waals surface area contributed by atoms with E-state index in [0.717, 1.165) is 4.41 Å². The van der Waals surface area contributed by atoms with Crippen LogP contribution in [0.2, 0.25) is 5.02 Å². The van der Waals surface area contributed by atoms with Crippen LogP contribution in [0.5, 0.6) is 0 Å². The monoisotopic (exact) mass is 366 g/mol. The van der Waals surface area contributed by atoms with Crippen LogP contribution >= 0.6 is 11.6 Å². The molecule has 0 fully saturated rings. The zero-order valence-corrected chi connectivity index (χ0v) is 14.8. The molecular formula is C17H16ClFN2O2S. The number of hydrogen-bond acceptors (Lipinski definition) is 3. The third kappa shape index (κ3) is 3.16. The van der Waals surface area contributed by atoms with Crippen molar-refractivity contribution < 1.29 is 12.8 Å². The van der Waals surface area contributed by atoms with Crippen LogP contribution in [-0.2, 0) is 15.8 Å². The van der Waals surface area contributed by atoms with Crippen molar-refractivity contribution in [1.82, 2.24) is 4.41 Å². The fraction of sp³-hybridized carbons (Fsp3) is 0.235. The van der Waals surface area contributed by atoms with E-state index in [1.54, 1.807) is 44.2 Å². The Balaban J connectivity index is 2.29. The summed E-state index contributed by atoms with van der Waals surface area (Å²) in [5.41, 5.74) is 2.34. The molecule has 2 aromatic carbocycles. The molecule has 3 rings (SSSR count). The zero-order chi connectivity index (χ0) is 17.5. The largest absolute Gasteiger partial charge is 0.254 e. The van der Waals surface area contributed by atoms with E-state index in [4.69, 9.17) is 11.6 Å². The van der Waals surface area contributed by atoms with Crippen LogP contribution < -0.4 is 0 Å². The van der Waals surface area contributed by atoms with Gasteiger partial charge in [0.2, 0.25) is 0 Å². The number of rotatable bonds is 2. The van der Waals surface area contributed by atoms with E-state index in [-0.39, 0.29) is 17.6 Å². The second-order valence-electron chi connectivity index (χ2n) is 5.88. The molecule has 1 heterocycles. The standard InChI is InChI=1S/C17H16ClFN2O2S/c1-11(2)21-20-17(12-4-7-15(19)8-5-12)16-9-14(18)6-3-13(16)10-24(21,22)23/h3-9,11H,10H2,1-2H3. The lowest BCUT2D eigenvalue weighted by molar-refractivity contribution is 0.371. The highest BCUT2D eigenvalue weighted by molar-refractivity contribution is 7.88. The van der Waals surface area contributed by atoms with Gasteiger partial charge >= 0.3 is 0 Å². The molecule has 0 atom stereocenters. The lowest BCUT2D eigenvalue weighted by Crippen LogP contribution is -2.33. The average molecular weight is 367 g/mol. The molecule has 1 aliphatic rings. The number of nitrogens with zero attached hydrogens (tertiary/aromatic N) is 2. The van der Waals surface area contributed by atoms with Crippen molar-refractivity contribution in [2.24, 2.45) is 5.10 Å². The molecule has 0 bridgehead atoms. The molecule has 0 N–H and O–H groups in total. The molecule has 0 spiro atoms. The second-order valence-corrected chi connectivity index (χ2v) is 8.14. The van der Waals surface area contributed by atoms with Crippen LogP contribution in [-0.4, -0.2) is 24.6 Å². The Kier molecular flexibility index (Phi) is 4.36. The second kappa shape index (κ2) is 6.18. The molecule has 0 saturated carbocycles. The van der Waals surface area contributed by atoms with Gasteiger partial charge in [0.05, 0.1) is 17.5 Å². The summed E-state index contributed by atoms with van der Waals surface area (Å²) in [6.07, 6.45) is 0. The molecule has 4 nitrogen and oxygen atoms in total. The summed E-state index contributed by atoms with van der Waals surface area (Å²) < 4.78 is 39.7. The lowest BCUT2D eigenvalue weighted by atomic mass is 9.98. The maximum atomic E-state index is 13.3. The third-order valence-electron chi connectivity index (χ3n) is 3.71. The van der Waals surface area contributed by atoms with Gasteiger partial charge in [-0.3, -0.25) is 0 Å². The van der Waals surface area contributed by atoms with Crippen LogP contribution in [0, 0.1) is 5.82 Å². The smallest absolute Gasteiger partial charge is 0.207 e. The Morgan fingerprint density at radius 2 is 1.83 bits per heavy atom. The Bertz CT molecular complexity index is 909. The van der Waals surface area contributed by atoms with E-state index in [1.807, 2.05) is 0 Å². The highest BCUT2D eigenvalue weighted by atomic mass is 35.5. The summed E-state index contributed by atoms with van der Waals surface area (Å²) in [4.78, 5) is 0. The maximum absolute atomic E-state index is 13.3. The van der Waals surface area contributed by atoms with Crippen molar-refractivity contribution in [3.63, 3.8) is 0 Å². The first kappa shape index (κ1) is 16.9. The summed E-state index contributed by atoms with van der Waals surface area (Å²) in [6, 6.07) is 10.5. The van der Waals surface area contributed by atoms with E-state index in [0.29, 0.717) is 27.4 Å². The minimum absolute atomic E-state index is 0.161. The molecule has 1 aliphatic heterocycles. The van der Waals surface area contributed by atoms with Crippen LogP contribution in [0.1, 0.15) is 30.5 Å². The topological polar surface area (TPSA) is 49.7 Å². The first-order chi connectivity index (χ1) is 11.3. The summed E-state index contributed by atoms with van der Waals surface area (Å²) in [7, 11) is -3.61. The first-order valence-electron chi connectivity index (χ1n) is 7.43. The minimum atomic E-state index is -3.61. The van der Waals surface area contributed by atoms with E-state index in [2.05, 4.69) is 5.10 Å². The number of hydrogen-bond donors (Lipinski definition) is 0. The predicted molar refractivity (Wildman–Crippen MR) is 93.1 cm³/mol. The van der Waals surface area contributed by atoms with Gasteiger partial charge < -0.3 is 0 Å². The molecule has 2 aromatic rings. The fourth-order valence-electron chi connectivity index (χ4n) is 2.63. The molecular weight excluding hydrogens is 351 g/mol. The van der Waals surface area contributed by atoms with Crippen molar-refractivity contribution in [3.8, 4) is 0 Å². The highest BCUT2D eigenvalue weighted by Gasteiger charge is 2.30. The average Bonchev–Trinajstić information content (AvgIpc) is 2.61. The number of fused-ring (bicyclic) bond motifs is 1. The van der Waals surface area contributed by atoms with Crippen LogP contribution in [0.3, 0.4) is 0 Å². The van der Waals surface area contributed by atoms with Gasteiger partial charge in [-0.15, -0.1) is 0 Å².